The lowest BCUT2D eigenvalue weighted by molar-refractivity contribution is -0.388. The molecule has 1 aromatic carbocycles. The summed E-state index contributed by atoms with van der Waals surface area (Å²) in [5.41, 5.74) is 0.569. The maximum atomic E-state index is 11.3. The molecular formula is C13H15N3O4S. The van der Waals surface area contributed by atoms with Gasteiger partial charge < -0.3 is 14.4 Å². The van der Waals surface area contributed by atoms with Gasteiger partial charge >= 0.3 is 5.69 Å². The summed E-state index contributed by atoms with van der Waals surface area (Å²) in [6.07, 6.45) is 1.54. The van der Waals surface area contributed by atoms with Crippen LogP contribution in [-0.4, -0.2) is 26.2 Å². The number of hydrogen-bond donors (Lipinski definition) is 1. The fourth-order valence-electron chi connectivity index (χ4n) is 1.80. The molecule has 0 aliphatic rings. The van der Waals surface area contributed by atoms with Crippen LogP contribution in [0.5, 0.6) is 5.75 Å². The molecule has 0 saturated carbocycles. The van der Waals surface area contributed by atoms with Gasteiger partial charge in [0, 0.05) is 7.05 Å². The van der Waals surface area contributed by atoms with Crippen molar-refractivity contribution in [3.63, 3.8) is 0 Å². The molecule has 0 atom stereocenters. The average molecular weight is 309 g/mol. The number of aliphatic hydroxyl groups excluding tert-OH is 1. The van der Waals surface area contributed by atoms with Gasteiger partial charge in [0.2, 0.25) is 0 Å². The van der Waals surface area contributed by atoms with Crippen molar-refractivity contribution in [1.29, 1.82) is 0 Å². The molecule has 21 heavy (non-hydrogen) atoms. The Balaban J connectivity index is 2.41. The Hall–Kier alpha value is -2.06. The number of benzene rings is 1. The molecule has 7 nitrogen and oxygen atoms in total. The minimum atomic E-state index is -0.455. The molecule has 2 aromatic rings. The Morgan fingerprint density at radius 3 is 2.86 bits per heavy atom. The zero-order chi connectivity index (χ0) is 15.4. The Morgan fingerprint density at radius 1 is 1.52 bits per heavy atom. The smallest absolute Gasteiger partial charge is 0.324 e. The summed E-state index contributed by atoms with van der Waals surface area (Å²) in [6, 6.07) is 4.93. The number of imidazole rings is 1. The fourth-order valence-corrected chi connectivity index (χ4v) is 2.78. The second kappa shape index (κ2) is 6.59. The highest BCUT2D eigenvalue weighted by Gasteiger charge is 2.23. The molecule has 0 spiro atoms. The van der Waals surface area contributed by atoms with Gasteiger partial charge in [-0.2, -0.15) is 0 Å². The molecule has 0 saturated heterocycles. The van der Waals surface area contributed by atoms with E-state index in [4.69, 9.17) is 9.84 Å². The number of ether oxygens (including phenoxy) is 1. The number of nitrogens with zero attached hydrogens (tertiary/aromatic N) is 3. The summed E-state index contributed by atoms with van der Waals surface area (Å²) in [7, 11) is 1.75. The maximum absolute atomic E-state index is 11.3. The highest BCUT2D eigenvalue weighted by molar-refractivity contribution is 7.99. The molecule has 0 fully saturated rings. The van der Waals surface area contributed by atoms with Crippen LogP contribution < -0.4 is 4.74 Å². The van der Waals surface area contributed by atoms with E-state index >= 15 is 0 Å². The maximum Gasteiger partial charge on any atom is 0.324 e. The second-order valence-corrected chi connectivity index (χ2v) is 5.15. The van der Waals surface area contributed by atoms with Crippen LogP contribution in [0, 0.1) is 10.1 Å². The first-order valence-electron chi connectivity index (χ1n) is 6.28. The van der Waals surface area contributed by atoms with Gasteiger partial charge in [0.1, 0.15) is 0 Å². The first-order valence-corrected chi connectivity index (χ1v) is 7.09. The number of nitro groups is 1. The molecule has 0 radical (unpaired) electrons. The van der Waals surface area contributed by atoms with Crippen molar-refractivity contribution in [2.24, 2.45) is 7.05 Å². The van der Waals surface area contributed by atoms with Crippen LogP contribution >= 0.6 is 11.8 Å². The van der Waals surface area contributed by atoms with E-state index in [1.54, 1.807) is 42.9 Å². The predicted octanol–water partition coefficient (Wildman–Crippen LogP) is 2.37. The lowest BCUT2D eigenvalue weighted by Gasteiger charge is -2.08. The van der Waals surface area contributed by atoms with Gasteiger partial charge in [0.25, 0.3) is 0 Å². The lowest BCUT2D eigenvalue weighted by Crippen LogP contribution is -2.00. The van der Waals surface area contributed by atoms with Gasteiger partial charge in [-0.1, -0.05) is 6.07 Å². The van der Waals surface area contributed by atoms with Crippen molar-refractivity contribution < 1.29 is 14.8 Å². The van der Waals surface area contributed by atoms with Crippen LogP contribution in [0.15, 0.2) is 34.4 Å². The minimum Gasteiger partial charge on any atom is -0.487 e. The Kier molecular flexibility index (Phi) is 4.81. The topological polar surface area (TPSA) is 90.4 Å². The molecule has 0 amide bonds. The molecule has 0 aliphatic heterocycles. The van der Waals surface area contributed by atoms with E-state index in [-0.39, 0.29) is 18.0 Å². The monoisotopic (exact) mass is 309 g/mol. The van der Waals surface area contributed by atoms with Crippen LogP contribution in [0.1, 0.15) is 12.6 Å². The first kappa shape index (κ1) is 15.3. The van der Waals surface area contributed by atoms with Crippen molar-refractivity contribution in [1.82, 2.24) is 9.55 Å². The van der Waals surface area contributed by atoms with Crippen LogP contribution in [0.2, 0.25) is 0 Å². The highest BCUT2D eigenvalue weighted by atomic mass is 32.2. The summed E-state index contributed by atoms with van der Waals surface area (Å²) in [5.74, 6) is 0.240. The van der Waals surface area contributed by atoms with Crippen LogP contribution in [0.3, 0.4) is 0 Å². The third-order valence-corrected chi connectivity index (χ3v) is 3.96. The van der Waals surface area contributed by atoms with E-state index in [0.29, 0.717) is 22.4 Å². The molecule has 0 bridgehead atoms. The van der Waals surface area contributed by atoms with E-state index in [2.05, 4.69) is 4.98 Å². The van der Waals surface area contributed by atoms with Gasteiger partial charge in [-0.15, -0.1) is 0 Å². The number of hydrogen-bond acceptors (Lipinski definition) is 6. The normalized spacial score (nSPS) is 10.6. The predicted molar refractivity (Wildman–Crippen MR) is 77.5 cm³/mol. The first-order chi connectivity index (χ1) is 10.1. The summed E-state index contributed by atoms with van der Waals surface area (Å²) < 4.78 is 7.01. The van der Waals surface area contributed by atoms with Crippen molar-refractivity contribution in [2.75, 3.05) is 6.61 Å². The molecular weight excluding hydrogens is 294 g/mol. The molecule has 1 N–H and O–H groups in total. The van der Waals surface area contributed by atoms with Gasteiger partial charge in [0.05, 0.1) is 34.9 Å². The van der Waals surface area contributed by atoms with Gasteiger partial charge in [-0.25, -0.2) is 4.98 Å². The van der Waals surface area contributed by atoms with Crippen molar-refractivity contribution >= 4 is 17.4 Å². The quantitative estimate of drug-likeness (QED) is 0.651. The second-order valence-electron chi connectivity index (χ2n) is 4.14. The van der Waals surface area contributed by atoms with Gasteiger partial charge in [-0.3, -0.25) is 10.1 Å². The Labute approximate surface area is 125 Å². The third kappa shape index (κ3) is 3.17. The standard InChI is InChI=1S/C13H15N3O4S/c1-3-20-10-5-4-6-11(12(10)16(18)19)21-13-14-7-9(8-17)15(13)2/h4-7,17H,3,8H2,1-2H3. The summed E-state index contributed by atoms with van der Waals surface area (Å²) in [6.45, 7) is 1.99. The molecule has 112 valence electrons. The third-order valence-electron chi connectivity index (χ3n) is 2.85. The zero-order valence-electron chi connectivity index (χ0n) is 11.6. The van der Waals surface area contributed by atoms with Crippen LogP contribution in [-0.2, 0) is 13.7 Å². The van der Waals surface area contributed by atoms with E-state index in [0.717, 1.165) is 11.8 Å². The summed E-state index contributed by atoms with van der Waals surface area (Å²) in [4.78, 5) is 15.5. The molecule has 2 rings (SSSR count). The van der Waals surface area contributed by atoms with E-state index in [9.17, 15) is 10.1 Å². The largest absolute Gasteiger partial charge is 0.487 e. The molecule has 8 heteroatoms. The highest BCUT2D eigenvalue weighted by Crippen LogP contribution is 2.40. The van der Waals surface area contributed by atoms with Gasteiger partial charge in [0.15, 0.2) is 10.9 Å². The van der Waals surface area contributed by atoms with Crippen molar-refractivity contribution in [3.05, 3.63) is 40.2 Å². The van der Waals surface area contributed by atoms with E-state index < -0.39 is 4.92 Å². The van der Waals surface area contributed by atoms with E-state index in [1.165, 1.54) is 0 Å². The number of para-hydroxylation sites is 1. The van der Waals surface area contributed by atoms with Crippen LogP contribution in [0.25, 0.3) is 0 Å². The van der Waals surface area contributed by atoms with Crippen LogP contribution in [0.4, 0.5) is 5.69 Å². The summed E-state index contributed by atoms with van der Waals surface area (Å²) >= 11 is 1.16. The van der Waals surface area contributed by atoms with Gasteiger partial charge in [-0.05, 0) is 30.8 Å². The van der Waals surface area contributed by atoms with Crippen molar-refractivity contribution in [2.45, 2.75) is 23.6 Å². The average Bonchev–Trinajstić information content (AvgIpc) is 2.80. The molecule has 0 unspecified atom stereocenters. The summed E-state index contributed by atoms with van der Waals surface area (Å²) in [5, 5.41) is 21.0. The molecule has 1 aromatic heterocycles. The molecule has 1 heterocycles. The number of rotatable bonds is 6. The SMILES string of the molecule is CCOc1cccc(Sc2ncc(CO)n2C)c1[N+](=O)[O-]. The Morgan fingerprint density at radius 2 is 2.29 bits per heavy atom. The lowest BCUT2D eigenvalue weighted by atomic mass is 10.3. The number of nitro benzene ring substituents is 1. The number of aliphatic hydroxyl groups is 1. The fraction of sp³-hybridized carbons (Fsp3) is 0.308. The minimum absolute atomic E-state index is 0.0714. The number of aromatic nitrogens is 2. The molecule has 0 aliphatic carbocycles. The Bertz CT molecular complexity index is 657. The van der Waals surface area contributed by atoms with E-state index in [1.807, 2.05) is 0 Å². The van der Waals surface area contributed by atoms with Crippen molar-refractivity contribution in [3.8, 4) is 5.75 Å². The zero-order valence-corrected chi connectivity index (χ0v) is 12.5.